The van der Waals surface area contributed by atoms with Crippen LogP contribution in [0.15, 0.2) is 30.9 Å². The highest BCUT2D eigenvalue weighted by molar-refractivity contribution is 6.36. The second-order valence-electron chi connectivity index (χ2n) is 9.59. The lowest BCUT2D eigenvalue weighted by molar-refractivity contribution is 0.196. The number of aryl methyl sites for hydroxylation is 2. The van der Waals surface area contributed by atoms with E-state index in [1.807, 2.05) is 11.6 Å². The van der Waals surface area contributed by atoms with Crippen LogP contribution in [0.3, 0.4) is 0 Å². The summed E-state index contributed by atoms with van der Waals surface area (Å²) in [6, 6.07) is 2.08. The first-order valence-corrected chi connectivity index (χ1v) is 12.3. The SMILES string of the molecule is Cn1c(Nc2cc3n(n2)CCCC3(C)C)nc2ncc(Oc3cnn4cc(OCCO)ncc34)c(Cl)c21. The Labute approximate surface area is 216 Å². The van der Waals surface area contributed by atoms with Crippen LogP contribution in [0.25, 0.3) is 16.7 Å². The van der Waals surface area contributed by atoms with Gasteiger partial charge in [0.1, 0.15) is 22.7 Å². The van der Waals surface area contributed by atoms with Gasteiger partial charge in [-0.25, -0.2) is 14.5 Å². The third-order valence-electron chi connectivity index (χ3n) is 6.60. The zero-order chi connectivity index (χ0) is 25.7. The minimum absolute atomic E-state index is 0.0796. The first kappa shape index (κ1) is 23.5. The Kier molecular flexibility index (Phi) is 5.64. The predicted octanol–water partition coefficient (Wildman–Crippen LogP) is 3.84. The van der Waals surface area contributed by atoms with Crippen LogP contribution in [-0.2, 0) is 19.0 Å². The third kappa shape index (κ3) is 4.11. The van der Waals surface area contributed by atoms with Crippen LogP contribution < -0.4 is 14.8 Å². The zero-order valence-corrected chi connectivity index (χ0v) is 21.4. The van der Waals surface area contributed by atoms with Crippen LogP contribution in [-0.4, -0.2) is 57.2 Å². The van der Waals surface area contributed by atoms with Crippen molar-refractivity contribution in [1.29, 1.82) is 0 Å². The summed E-state index contributed by atoms with van der Waals surface area (Å²) in [6.45, 7) is 5.44. The van der Waals surface area contributed by atoms with Crippen molar-refractivity contribution in [3.63, 3.8) is 0 Å². The van der Waals surface area contributed by atoms with Gasteiger partial charge in [0.25, 0.3) is 0 Å². The molecule has 0 atom stereocenters. The number of aromatic nitrogens is 8. The van der Waals surface area contributed by atoms with Crippen molar-refractivity contribution in [3.8, 4) is 17.4 Å². The molecule has 0 radical (unpaired) electrons. The molecule has 1 aliphatic heterocycles. The molecule has 0 aliphatic carbocycles. The third-order valence-corrected chi connectivity index (χ3v) is 6.96. The van der Waals surface area contributed by atoms with Gasteiger partial charge in [0.05, 0.1) is 31.4 Å². The van der Waals surface area contributed by atoms with Gasteiger partial charge in [-0.2, -0.15) is 15.2 Å². The number of halogens is 1. The number of pyridine rings is 1. The van der Waals surface area contributed by atoms with Gasteiger partial charge < -0.3 is 24.5 Å². The average molecular weight is 524 g/mol. The molecule has 0 spiro atoms. The number of aliphatic hydroxyl groups excluding tert-OH is 1. The van der Waals surface area contributed by atoms with Crippen LogP contribution in [0.2, 0.25) is 5.02 Å². The van der Waals surface area contributed by atoms with E-state index in [0.29, 0.717) is 45.0 Å². The Bertz CT molecular complexity index is 1620. The molecular weight excluding hydrogens is 498 g/mol. The molecule has 2 N–H and O–H groups in total. The topological polar surface area (TPSA) is 129 Å². The minimum Gasteiger partial charge on any atom is -0.474 e. The molecule has 6 rings (SSSR count). The Balaban J connectivity index is 1.29. The number of nitrogens with one attached hydrogen (secondary N) is 1. The van der Waals surface area contributed by atoms with Crippen molar-refractivity contribution >= 4 is 40.0 Å². The van der Waals surface area contributed by atoms with Gasteiger partial charge in [-0.3, -0.25) is 4.68 Å². The number of aliphatic hydroxyl groups is 1. The molecule has 0 saturated heterocycles. The molecule has 1 aliphatic rings. The quantitative estimate of drug-likeness (QED) is 0.327. The van der Waals surface area contributed by atoms with Crippen LogP contribution in [0, 0.1) is 0 Å². The lowest BCUT2D eigenvalue weighted by Gasteiger charge is -2.30. The van der Waals surface area contributed by atoms with Crippen molar-refractivity contribution in [2.45, 2.75) is 38.6 Å². The summed E-state index contributed by atoms with van der Waals surface area (Å²) >= 11 is 6.77. The number of hydrogen-bond acceptors (Lipinski definition) is 9. The highest BCUT2D eigenvalue weighted by atomic mass is 35.5. The van der Waals surface area contributed by atoms with Gasteiger partial charge in [0.15, 0.2) is 23.0 Å². The van der Waals surface area contributed by atoms with Crippen LogP contribution in [0.4, 0.5) is 11.8 Å². The largest absolute Gasteiger partial charge is 0.474 e. The summed E-state index contributed by atoms with van der Waals surface area (Å²) in [5, 5.41) is 21.6. The summed E-state index contributed by atoms with van der Waals surface area (Å²) in [4.78, 5) is 13.3. The van der Waals surface area contributed by atoms with Gasteiger partial charge in [0, 0.05) is 30.8 Å². The summed E-state index contributed by atoms with van der Waals surface area (Å²) < 4.78 is 16.9. The Hall–Kier alpha value is -3.90. The number of fused-ring (bicyclic) bond motifs is 3. The van der Waals surface area contributed by atoms with Crippen LogP contribution in [0.1, 0.15) is 32.4 Å². The van der Waals surface area contributed by atoms with Crippen LogP contribution >= 0.6 is 11.6 Å². The normalized spacial score (nSPS) is 14.7. The highest BCUT2D eigenvalue weighted by Gasteiger charge is 2.29. The highest BCUT2D eigenvalue weighted by Crippen LogP contribution is 2.38. The zero-order valence-electron chi connectivity index (χ0n) is 20.6. The fourth-order valence-electron chi connectivity index (χ4n) is 4.67. The molecule has 5 aromatic heterocycles. The van der Waals surface area contributed by atoms with Gasteiger partial charge in [-0.05, 0) is 12.8 Å². The van der Waals surface area contributed by atoms with E-state index in [1.165, 1.54) is 11.9 Å². The first-order chi connectivity index (χ1) is 17.8. The second-order valence-corrected chi connectivity index (χ2v) is 9.97. The summed E-state index contributed by atoms with van der Waals surface area (Å²) in [7, 11) is 1.86. The maximum atomic E-state index is 8.93. The molecule has 37 heavy (non-hydrogen) atoms. The smallest absolute Gasteiger partial charge is 0.232 e. The van der Waals surface area contributed by atoms with E-state index in [9.17, 15) is 0 Å². The molecule has 0 bridgehead atoms. The van der Waals surface area contributed by atoms with Gasteiger partial charge in [0.2, 0.25) is 11.8 Å². The maximum Gasteiger partial charge on any atom is 0.232 e. The predicted molar refractivity (Wildman–Crippen MR) is 137 cm³/mol. The molecule has 0 amide bonds. The molecule has 0 aromatic carbocycles. The summed E-state index contributed by atoms with van der Waals surface area (Å²) in [6.07, 6.45) is 8.52. The van der Waals surface area contributed by atoms with Crippen LogP contribution in [0.5, 0.6) is 17.4 Å². The van der Waals surface area contributed by atoms with Crippen molar-refractivity contribution < 1.29 is 14.6 Å². The number of imidazole rings is 1. The number of rotatable bonds is 7. The fourth-order valence-corrected chi connectivity index (χ4v) is 4.97. The van der Waals surface area contributed by atoms with Crippen molar-refractivity contribution in [1.82, 2.24) is 38.9 Å². The maximum absolute atomic E-state index is 8.93. The van der Waals surface area contributed by atoms with E-state index in [4.69, 9.17) is 31.3 Å². The second kappa shape index (κ2) is 8.89. The molecule has 0 saturated carbocycles. The number of hydrogen-bond donors (Lipinski definition) is 2. The average Bonchev–Trinajstić information content (AvgIpc) is 3.56. The van der Waals surface area contributed by atoms with E-state index < -0.39 is 0 Å². The van der Waals surface area contributed by atoms with E-state index in [1.54, 1.807) is 23.1 Å². The molecule has 0 fully saturated rings. The molecule has 13 heteroatoms. The molecular formula is C24H26ClN9O3. The number of ether oxygens (including phenoxy) is 2. The number of anilines is 2. The van der Waals surface area contributed by atoms with Crippen molar-refractivity contribution in [2.24, 2.45) is 7.05 Å². The summed E-state index contributed by atoms with van der Waals surface area (Å²) in [5.41, 5.74) is 3.02. The molecule has 5 aromatic rings. The molecule has 0 unspecified atom stereocenters. The minimum atomic E-state index is -0.102. The van der Waals surface area contributed by atoms with Gasteiger partial charge in [-0.1, -0.05) is 25.4 Å². The summed E-state index contributed by atoms with van der Waals surface area (Å²) in [5.74, 6) is 2.46. The lowest BCUT2D eigenvalue weighted by Crippen LogP contribution is -2.27. The Morgan fingerprint density at radius 2 is 2.05 bits per heavy atom. The van der Waals surface area contributed by atoms with E-state index in [-0.39, 0.29) is 18.6 Å². The van der Waals surface area contributed by atoms with E-state index in [2.05, 4.69) is 50.0 Å². The van der Waals surface area contributed by atoms with E-state index >= 15 is 0 Å². The lowest BCUT2D eigenvalue weighted by atomic mass is 9.82. The first-order valence-electron chi connectivity index (χ1n) is 12.0. The van der Waals surface area contributed by atoms with Crippen molar-refractivity contribution in [3.05, 3.63) is 41.6 Å². The Morgan fingerprint density at radius 3 is 2.86 bits per heavy atom. The van der Waals surface area contributed by atoms with E-state index in [0.717, 1.165) is 25.2 Å². The van der Waals surface area contributed by atoms with Crippen molar-refractivity contribution in [2.75, 3.05) is 18.5 Å². The molecule has 192 valence electrons. The fraction of sp³-hybridized carbons (Fsp3) is 0.375. The number of nitrogens with zero attached hydrogens (tertiary/aromatic N) is 8. The van der Waals surface area contributed by atoms with Gasteiger partial charge >= 0.3 is 0 Å². The monoisotopic (exact) mass is 523 g/mol. The van der Waals surface area contributed by atoms with Gasteiger partial charge in [-0.15, -0.1) is 0 Å². The Morgan fingerprint density at radius 1 is 1.19 bits per heavy atom. The molecule has 6 heterocycles. The molecule has 12 nitrogen and oxygen atoms in total. The standard InChI is InChI=1S/C24H26ClN9O3/c1-24(2)5-4-6-33-17(24)9-18(31-33)29-23-30-22-21(32(23)3)20(25)16(11-27-22)37-15-12-28-34-13-19(36-8-7-35)26-10-14(15)34/h9-13,35H,4-8H2,1-3H3,(H,27,29,30,31).